The van der Waals surface area contributed by atoms with Gasteiger partial charge in [-0.05, 0) is 54.5 Å². The number of rotatable bonds is 11. The number of aliphatic hydroxyl groups excluding tert-OH is 2. The minimum absolute atomic E-state index is 0.0308. The number of hydrogen-bond acceptors (Lipinski definition) is 17. The second-order valence-corrected chi connectivity index (χ2v) is 16.7. The number of aliphatic hydroxyl groups is 2. The van der Waals surface area contributed by atoms with Crippen LogP contribution in [0.4, 0.5) is 0 Å². The predicted octanol–water partition coefficient (Wildman–Crippen LogP) is 3.83. The van der Waals surface area contributed by atoms with Gasteiger partial charge in [0.2, 0.25) is 6.10 Å². The fraction of sp³-hybridized carbons (Fsp3) is 0.548. The van der Waals surface area contributed by atoms with E-state index in [1.807, 2.05) is 32.0 Å². The number of carbonyl (C=O) groups excluding carboxylic acids is 5. The molecule has 0 unspecified atom stereocenters. The number of fused-ring (bicyclic) bond motifs is 5. The van der Waals surface area contributed by atoms with Gasteiger partial charge in [0.15, 0.2) is 11.4 Å². The Bertz CT molecular complexity index is 1890. The van der Waals surface area contributed by atoms with Gasteiger partial charge in [-0.2, -0.15) is 18.5 Å². The normalized spacial score (nSPS) is 31.5. The van der Waals surface area contributed by atoms with Crippen molar-refractivity contribution >= 4 is 42.3 Å². The fourth-order valence-corrected chi connectivity index (χ4v) is 9.82. The molecule has 3 aliphatic carbocycles. The summed E-state index contributed by atoms with van der Waals surface area (Å²) >= 11 is 4.14. The Morgan fingerprint density at radius 2 is 1.59 bits per heavy atom. The van der Waals surface area contributed by atoms with Gasteiger partial charge in [0.05, 0.1) is 36.0 Å². The molecule has 1 heterocycles. The van der Waals surface area contributed by atoms with Crippen molar-refractivity contribution in [2.75, 3.05) is 12.4 Å². The second-order valence-electron chi connectivity index (χ2n) is 16.2. The lowest BCUT2D eigenvalue weighted by Gasteiger charge is -2.65. The van der Waals surface area contributed by atoms with Crippen LogP contribution in [-0.2, 0) is 52.9 Å². The summed E-state index contributed by atoms with van der Waals surface area (Å²) in [6.07, 6.45) is -7.77. The standard InChI is InChI=1S/C42H50O12S.H3NO3/c1-22(25-13-9-7-10-14-25)34(52-31(45)17-18-55)39(49)51-28-19-27-35(53-38(48)26-15-11-8-12-16-26)36-41(6,37(47)33(46)32(23(28)2)40(27,4)5)29(44)20-30-42(36,21-50-30)54-24(3)43;1-3-4-2/h7-16,22,27-30,33-36,44,46,55H,17-21H2,1-6H3;2H,1H2/t22-,27+,28-,29-,30+,33+,34+,35+,36-,41+,42-;/m0./s1. The highest BCUT2D eigenvalue weighted by molar-refractivity contribution is 7.80. The van der Waals surface area contributed by atoms with E-state index < -0.39 is 100 Å². The number of carbonyl (C=O) groups is 5. The second kappa shape index (κ2) is 18.6. The van der Waals surface area contributed by atoms with E-state index in [0.717, 1.165) is 5.56 Å². The highest BCUT2D eigenvalue weighted by Gasteiger charge is 2.75. The molecule has 17 heteroatoms. The molecule has 59 heavy (non-hydrogen) atoms. The molecule has 1 saturated heterocycles. The van der Waals surface area contributed by atoms with Crippen molar-refractivity contribution in [1.82, 2.24) is 0 Å². The van der Waals surface area contributed by atoms with Crippen molar-refractivity contribution in [2.24, 2.45) is 28.6 Å². The van der Waals surface area contributed by atoms with E-state index in [1.54, 1.807) is 56.3 Å². The Hall–Kier alpha value is -4.20. The molecule has 4 aliphatic rings. The summed E-state index contributed by atoms with van der Waals surface area (Å²) in [6.45, 7) is 9.68. The third-order valence-corrected chi connectivity index (χ3v) is 12.8. The molecule has 2 saturated carbocycles. The molecule has 0 radical (unpaired) electrons. The van der Waals surface area contributed by atoms with Crippen molar-refractivity contribution in [3.8, 4) is 0 Å². The third kappa shape index (κ3) is 8.70. The first-order valence-corrected chi connectivity index (χ1v) is 19.9. The van der Waals surface area contributed by atoms with Crippen molar-refractivity contribution < 1.29 is 73.2 Å². The third-order valence-electron chi connectivity index (χ3n) is 12.6. The topological polar surface area (TPSA) is 237 Å². The average molecular weight is 844 g/mol. The zero-order valence-electron chi connectivity index (χ0n) is 33.8. The van der Waals surface area contributed by atoms with Crippen molar-refractivity contribution in [2.45, 2.75) is 109 Å². The van der Waals surface area contributed by atoms with Gasteiger partial charge in [-0.25, -0.2) is 14.8 Å². The van der Waals surface area contributed by atoms with Crippen molar-refractivity contribution in [3.05, 3.63) is 82.9 Å². The predicted molar refractivity (Wildman–Crippen MR) is 210 cm³/mol. The van der Waals surface area contributed by atoms with E-state index in [2.05, 4.69) is 28.6 Å². The lowest BCUT2D eigenvalue weighted by molar-refractivity contribution is -0.494. The van der Waals surface area contributed by atoms with Crippen LogP contribution in [0, 0.1) is 22.7 Å². The van der Waals surface area contributed by atoms with Crippen LogP contribution in [0.5, 0.6) is 0 Å². The summed E-state index contributed by atoms with van der Waals surface area (Å²) < 4.78 is 30.4. The molecule has 2 aromatic rings. The molecular formula is C42H53NO15S. The Morgan fingerprint density at radius 3 is 2.14 bits per heavy atom. The van der Waals surface area contributed by atoms with Crippen LogP contribution >= 0.6 is 12.6 Å². The van der Waals surface area contributed by atoms with Gasteiger partial charge in [0, 0.05) is 30.9 Å². The summed E-state index contributed by atoms with van der Waals surface area (Å²) in [4.78, 5) is 72.0. The molecule has 0 aromatic heterocycles. The lowest BCUT2D eigenvalue weighted by atomic mass is 9.46. The van der Waals surface area contributed by atoms with Gasteiger partial charge in [0.25, 0.3) is 0 Å². The SMILES string of the molecule is CC(=O)O[C@@]12CO[C@@H]1C[C@H](O)[C@@]1(C)C(=O)[C@H](O)C3=C(C)[C@@H](OC(=O)[C@H](OC(=O)CCS)[C@@H](C)c4ccccc4)C[C@H]([C@@H](OC(=O)c4ccccc4)[C@H]21)C3(C)C.NOOO. The summed E-state index contributed by atoms with van der Waals surface area (Å²) in [5.74, 6) is -1.97. The number of hydrogen-bond donors (Lipinski definition) is 5. The van der Waals surface area contributed by atoms with Crippen molar-refractivity contribution in [3.63, 3.8) is 0 Å². The molecule has 6 rings (SSSR count). The molecular weight excluding hydrogens is 791 g/mol. The zero-order chi connectivity index (χ0) is 43.4. The van der Waals surface area contributed by atoms with Crippen LogP contribution in [-0.4, -0.2) is 99.7 Å². The largest absolute Gasteiger partial charge is 0.458 e. The monoisotopic (exact) mass is 843 g/mol. The molecule has 11 atom stereocenters. The maximum Gasteiger partial charge on any atom is 0.348 e. The summed E-state index contributed by atoms with van der Waals surface area (Å²) in [5.41, 5.74) is -2.77. The van der Waals surface area contributed by atoms with E-state index in [4.69, 9.17) is 28.9 Å². The van der Waals surface area contributed by atoms with Crippen LogP contribution in [0.1, 0.15) is 82.6 Å². The van der Waals surface area contributed by atoms with Crippen LogP contribution < -0.4 is 5.90 Å². The van der Waals surface area contributed by atoms with E-state index in [0.29, 0.717) is 5.57 Å². The molecule has 0 spiro atoms. The molecule has 322 valence electrons. The first-order chi connectivity index (χ1) is 27.9. The maximum absolute atomic E-state index is 14.9. The zero-order valence-corrected chi connectivity index (χ0v) is 34.7. The number of Topliss-reactive ketones (excluding diaryl/α,β-unsaturated/α-hetero) is 1. The van der Waals surface area contributed by atoms with Crippen LogP contribution in [0.3, 0.4) is 0 Å². The molecule has 0 amide bonds. The summed E-state index contributed by atoms with van der Waals surface area (Å²) in [7, 11) is 0. The average Bonchev–Trinajstić information content (AvgIpc) is 3.20. The number of thiol groups is 1. The molecule has 3 fully saturated rings. The fourth-order valence-electron chi connectivity index (χ4n) is 9.64. The molecule has 1 aliphatic heterocycles. The van der Waals surface area contributed by atoms with E-state index in [1.165, 1.54) is 13.8 Å². The molecule has 2 aromatic carbocycles. The van der Waals surface area contributed by atoms with Crippen LogP contribution in [0.15, 0.2) is 71.8 Å². The molecule has 16 nitrogen and oxygen atoms in total. The number of benzene rings is 2. The number of ketones is 1. The molecule has 2 bridgehead atoms. The van der Waals surface area contributed by atoms with Crippen LogP contribution in [0.2, 0.25) is 0 Å². The van der Waals surface area contributed by atoms with Gasteiger partial charge >= 0.3 is 23.9 Å². The molecule has 5 N–H and O–H groups in total. The summed E-state index contributed by atoms with van der Waals surface area (Å²) in [6, 6.07) is 17.3. The number of ether oxygens (including phenoxy) is 5. The number of nitrogens with two attached hydrogens (primary N) is 1. The van der Waals surface area contributed by atoms with Gasteiger partial charge in [-0.15, -0.1) is 4.99 Å². The highest BCUT2D eigenvalue weighted by atomic mass is 32.1. The van der Waals surface area contributed by atoms with Crippen LogP contribution in [0.25, 0.3) is 0 Å². The first-order valence-electron chi connectivity index (χ1n) is 19.3. The minimum Gasteiger partial charge on any atom is -0.458 e. The number of esters is 4. The highest BCUT2D eigenvalue weighted by Crippen LogP contribution is 2.63. The van der Waals surface area contributed by atoms with E-state index >= 15 is 0 Å². The Morgan fingerprint density at radius 1 is 0.983 bits per heavy atom. The summed E-state index contributed by atoms with van der Waals surface area (Å²) in [5, 5.41) is 33.9. The first kappa shape index (κ1) is 45.9. The van der Waals surface area contributed by atoms with Gasteiger partial charge in [-0.3, -0.25) is 14.4 Å². The van der Waals surface area contributed by atoms with Crippen molar-refractivity contribution in [1.29, 1.82) is 0 Å². The van der Waals surface area contributed by atoms with E-state index in [9.17, 15) is 34.2 Å². The van der Waals surface area contributed by atoms with Gasteiger partial charge < -0.3 is 33.9 Å². The van der Waals surface area contributed by atoms with E-state index in [-0.39, 0.29) is 42.8 Å². The Labute approximate surface area is 347 Å². The quantitative estimate of drug-likeness (QED) is 0.0540. The van der Waals surface area contributed by atoms with Gasteiger partial charge in [0.1, 0.15) is 24.4 Å². The maximum atomic E-state index is 14.9. The Kier molecular flexibility index (Phi) is 14.5. The minimum atomic E-state index is -1.79. The van der Waals surface area contributed by atoms with Gasteiger partial charge in [-0.1, -0.05) is 74.3 Å². The Balaban J connectivity index is 0.00000158. The lowest BCUT2D eigenvalue weighted by Crippen LogP contribution is -2.79. The smallest absolute Gasteiger partial charge is 0.348 e.